The van der Waals surface area contributed by atoms with Crippen molar-refractivity contribution in [1.29, 1.82) is 10.8 Å². The van der Waals surface area contributed by atoms with Gasteiger partial charge in [-0.1, -0.05) is 0 Å². The highest BCUT2D eigenvalue weighted by Crippen LogP contribution is 2.02. The Morgan fingerprint density at radius 3 is 2.38 bits per heavy atom. The lowest BCUT2D eigenvalue weighted by atomic mass is 11.0. The van der Waals surface area contributed by atoms with Gasteiger partial charge in [-0.3, -0.25) is 0 Å². The molecule has 8 heavy (non-hydrogen) atoms. The standard InChI is InChI=1S/C3H4N2S.N2/c4-3-5-1-2-6-3;1-2/h1-2H,(H2,4,5);. The van der Waals surface area contributed by atoms with Crippen LogP contribution >= 0.6 is 11.3 Å². The van der Waals surface area contributed by atoms with Crippen molar-refractivity contribution in [3.8, 4) is 0 Å². The van der Waals surface area contributed by atoms with Gasteiger partial charge < -0.3 is 5.73 Å². The van der Waals surface area contributed by atoms with E-state index in [-0.39, 0.29) is 0 Å². The highest BCUT2D eigenvalue weighted by Gasteiger charge is 1.76. The third-order valence-corrected chi connectivity index (χ3v) is 1.06. The number of nitrogen functional groups attached to an aromatic ring is 1. The smallest absolute Gasteiger partial charge is 0.179 e. The van der Waals surface area contributed by atoms with E-state index in [1.165, 1.54) is 11.3 Å². The SMILES string of the molecule is N#N.Nc1nccs1. The molecule has 1 rings (SSSR count). The summed E-state index contributed by atoms with van der Waals surface area (Å²) in [6.07, 6.45) is 1.68. The van der Waals surface area contributed by atoms with Gasteiger partial charge in [0.15, 0.2) is 5.13 Å². The summed E-state index contributed by atoms with van der Waals surface area (Å²) < 4.78 is 0. The summed E-state index contributed by atoms with van der Waals surface area (Å²) in [6, 6.07) is 0. The molecule has 0 saturated heterocycles. The molecule has 0 aliphatic rings. The fourth-order valence-electron chi connectivity index (χ4n) is 0.234. The molecule has 5 heteroatoms. The Bertz CT molecular complexity index is 144. The molecule has 0 aliphatic heterocycles. The lowest BCUT2D eigenvalue weighted by Crippen LogP contribution is -1.77. The molecule has 0 radical (unpaired) electrons. The van der Waals surface area contributed by atoms with E-state index in [4.69, 9.17) is 16.5 Å². The van der Waals surface area contributed by atoms with Gasteiger partial charge in [0.1, 0.15) is 0 Å². The van der Waals surface area contributed by atoms with Gasteiger partial charge in [-0.25, -0.2) is 4.98 Å². The lowest BCUT2D eigenvalue weighted by molar-refractivity contribution is 1.15. The van der Waals surface area contributed by atoms with Crippen LogP contribution < -0.4 is 5.73 Å². The van der Waals surface area contributed by atoms with Crippen LogP contribution in [0.15, 0.2) is 11.6 Å². The van der Waals surface area contributed by atoms with Crippen LogP contribution in [0.1, 0.15) is 0 Å². The molecule has 4 nitrogen and oxygen atoms in total. The zero-order chi connectivity index (χ0) is 6.41. The van der Waals surface area contributed by atoms with Crippen molar-refractivity contribution < 1.29 is 0 Å². The van der Waals surface area contributed by atoms with Crippen LogP contribution in [0, 0.1) is 10.8 Å². The minimum absolute atomic E-state index is 0.634. The molecule has 2 N–H and O–H groups in total. The highest BCUT2D eigenvalue weighted by atomic mass is 32.1. The number of nitrogens with zero attached hydrogens (tertiary/aromatic N) is 3. The van der Waals surface area contributed by atoms with Gasteiger partial charge >= 0.3 is 0 Å². The summed E-state index contributed by atoms with van der Waals surface area (Å²) in [5, 5.41) is 14.5. The molecule has 1 aromatic rings. The number of thiazole rings is 1. The summed E-state index contributed by atoms with van der Waals surface area (Å²) in [5.74, 6) is 0. The number of hydrogen-bond acceptors (Lipinski definition) is 5. The van der Waals surface area contributed by atoms with Gasteiger partial charge in [-0.05, 0) is 0 Å². The number of rotatable bonds is 0. The van der Waals surface area contributed by atoms with Crippen LogP contribution in [-0.2, 0) is 0 Å². The van der Waals surface area contributed by atoms with Crippen molar-refractivity contribution >= 4 is 16.5 Å². The van der Waals surface area contributed by atoms with E-state index in [0.717, 1.165) is 0 Å². The first-order valence-corrected chi connectivity index (χ1v) is 2.62. The van der Waals surface area contributed by atoms with Gasteiger partial charge in [0.2, 0.25) is 0 Å². The predicted octanol–water partition coefficient (Wildman–Crippen LogP) is 0.755. The van der Waals surface area contributed by atoms with Crippen LogP contribution in [0.25, 0.3) is 0 Å². The van der Waals surface area contributed by atoms with E-state index in [9.17, 15) is 0 Å². The highest BCUT2D eigenvalue weighted by molar-refractivity contribution is 7.13. The van der Waals surface area contributed by atoms with Gasteiger partial charge in [0, 0.05) is 22.4 Å². The van der Waals surface area contributed by atoms with Gasteiger partial charge in [-0.15, -0.1) is 11.3 Å². The quantitative estimate of drug-likeness (QED) is 0.522. The van der Waals surface area contributed by atoms with E-state index in [1.54, 1.807) is 6.20 Å². The topological polar surface area (TPSA) is 86.5 Å². The lowest BCUT2D eigenvalue weighted by Gasteiger charge is -1.67. The fraction of sp³-hybridized carbons (Fsp3) is 0. The van der Waals surface area contributed by atoms with Crippen LogP contribution in [0.5, 0.6) is 0 Å². The molecule has 0 bridgehead atoms. The summed E-state index contributed by atoms with van der Waals surface area (Å²) in [4.78, 5) is 3.71. The predicted molar refractivity (Wildman–Crippen MR) is 30.0 cm³/mol. The van der Waals surface area contributed by atoms with Crippen molar-refractivity contribution in [2.24, 2.45) is 0 Å². The molecule has 1 aromatic heterocycles. The minimum atomic E-state index is 0.634. The van der Waals surface area contributed by atoms with Crippen LogP contribution in [0.3, 0.4) is 0 Å². The maximum atomic E-state index is 6.00. The summed E-state index contributed by atoms with van der Waals surface area (Å²) in [6.45, 7) is 0. The van der Waals surface area contributed by atoms with Crippen molar-refractivity contribution in [3.05, 3.63) is 11.6 Å². The molecule has 0 unspecified atom stereocenters. The number of anilines is 1. The number of nitrogens with two attached hydrogens (primary N) is 1. The van der Waals surface area contributed by atoms with Crippen LogP contribution in [0.4, 0.5) is 5.13 Å². The van der Waals surface area contributed by atoms with E-state index in [2.05, 4.69) is 4.98 Å². The molecule has 0 spiro atoms. The zero-order valence-corrected chi connectivity index (χ0v) is 4.80. The third kappa shape index (κ3) is 2.10. The van der Waals surface area contributed by atoms with E-state index < -0.39 is 0 Å². The maximum Gasteiger partial charge on any atom is 0.179 e. The second-order valence-corrected chi connectivity index (χ2v) is 1.80. The first-order valence-electron chi connectivity index (χ1n) is 1.74. The summed E-state index contributed by atoms with van der Waals surface area (Å²) in [7, 11) is 0. The normalized spacial score (nSPS) is 6.75. The van der Waals surface area contributed by atoms with E-state index in [0.29, 0.717) is 5.13 Å². The Balaban J connectivity index is 0.000000222. The maximum absolute atomic E-state index is 6.00. The second-order valence-electron chi connectivity index (χ2n) is 0.870. The molecule has 0 amide bonds. The van der Waals surface area contributed by atoms with Crippen molar-refractivity contribution in [3.63, 3.8) is 0 Å². The molecule has 42 valence electrons. The molecule has 0 saturated carbocycles. The zero-order valence-electron chi connectivity index (χ0n) is 3.98. The van der Waals surface area contributed by atoms with Gasteiger partial charge in [0.25, 0.3) is 0 Å². The molecular weight excluding hydrogens is 124 g/mol. The molecule has 1 heterocycles. The Morgan fingerprint density at radius 2 is 2.25 bits per heavy atom. The van der Waals surface area contributed by atoms with Crippen molar-refractivity contribution in [2.75, 3.05) is 5.73 Å². The first-order chi connectivity index (χ1) is 3.89. The first kappa shape index (κ1) is 6.85. The van der Waals surface area contributed by atoms with E-state index in [1.807, 2.05) is 5.38 Å². The summed E-state index contributed by atoms with van der Waals surface area (Å²) >= 11 is 1.44. The van der Waals surface area contributed by atoms with Crippen LogP contribution in [-0.4, -0.2) is 4.98 Å². The fourth-order valence-corrected chi connectivity index (χ4v) is 0.617. The Hall–Kier alpha value is -1.15. The van der Waals surface area contributed by atoms with Crippen molar-refractivity contribution in [2.45, 2.75) is 0 Å². The van der Waals surface area contributed by atoms with E-state index >= 15 is 0 Å². The monoisotopic (exact) mass is 128 g/mol. The molecule has 0 atom stereocenters. The van der Waals surface area contributed by atoms with Gasteiger partial charge in [-0.2, -0.15) is 0 Å². The molecular formula is C3H4N4S. The van der Waals surface area contributed by atoms with Gasteiger partial charge in [0.05, 0.1) is 0 Å². The molecule has 0 aliphatic carbocycles. The van der Waals surface area contributed by atoms with Crippen LogP contribution in [0.2, 0.25) is 0 Å². The minimum Gasteiger partial charge on any atom is -0.375 e. The average molecular weight is 128 g/mol. The third-order valence-electron chi connectivity index (χ3n) is 0.451. The average Bonchev–Trinajstić information content (AvgIpc) is 2.24. The Labute approximate surface area is 50.4 Å². The Kier molecular flexibility index (Phi) is 3.44. The second kappa shape index (κ2) is 4.02. The summed E-state index contributed by atoms with van der Waals surface area (Å²) in [5.41, 5.74) is 5.19. The molecule has 0 fully saturated rings. The number of hydrogen-bond donors (Lipinski definition) is 1. The van der Waals surface area contributed by atoms with Crippen molar-refractivity contribution in [1.82, 2.24) is 4.98 Å². The molecule has 0 aromatic carbocycles. The Morgan fingerprint density at radius 1 is 1.62 bits per heavy atom. The largest absolute Gasteiger partial charge is 0.375 e. The number of aromatic nitrogens is 1.